The summed E-state index contributed by atoms with van der Waals surface area (Å²) >= 11 is 23.3. The molecule has 3 aliphatic rings. The van der Waals surface area contributed by atoms with Crippen molar-refractivity contribution < 1.29 is 39.0 Å². The molecular weight excluding hydrogens is 908 g/mol. The Labute approximate surface area is 404 Å². The molecule has 0 heterocycles. The number of esters is 2. The number of aliphatic carboxylic acids is 1. The fourth-order valence-corrected chi connectivity index (χ4v) is 9.26. The fraction of sp³-hybridized carbons (Fsp3) is 0.462. The Kier molecular flexibility index (Phi) is 19.4. The lowest BCUT2D eigenvalue weighted by Crippen LogP contribution is -2.41. The van der Waals surface area contributed by atoms with Gasteiger partial charge in [-0.2, -0.15) is 0 Å². The molecule has 0 unspecified atom stereocenters. The molecule has 65 heavy (non-hydrogen) atoms. The summed E-state index contributed by atoms with van der Waals surface area (Å²) in [5.74, 6) is -1.33. The number of carboxylic acids is 1. The lowest BCUT2D eigenvalue weighted by molar-refractivity contribution is -0.162. The van der Waals surface area contributed by atoms with Gasteiger partial charge in [0.2, 0.25) is 0 Å². The number of benzene rings is 4. The van der Waals surface area contributed by atoms with E-state index in [1.54, 1.807) is 41.9 Å². The van der Waals surface area contributed by atoms with E-state index in [1.807, 2.05) is 102 Å². The van der Waals surface area contributed by atoms with Gasteiger partial charge in [-0.1, -0.05) is 133 Å². The molecule has 352 valence electrons. The number of ether oxygens (including phenoxy) is 2. The van der Waals surface area contributed by atoms with Crippen LogP contribution in [0.15, 0.2) is 97.1 Å². The fourth-order valence-electron chi connectivity index (χ4n) is 8.76. The van der Waals surface area contributed by atoms with Crippen molar-refractivity contribution in [3.05, 3.63) is 139 Å². The predicted octanol–water partition coefficient (Wildman–Crippen LogP) is 13.6. The van der Waals surface area contributed by atoms with Crippen LogP contribution in [0.5, 0.6) is 0 Å². The second kappa shape index (κ2) is 23.6. The summed E-state index contributed by atoms with van der Waals surface area (Å²) in [5.41, 5.74) is 2.97. The maximum absolute atomic E-state index is 12.6. The predicted molar refractivity (Wildman–Crippen MR) is 259 cm³/mol. The molecule has 0 saturated heterocycles. The highest BCUT2D eigenvalue weighted by Gasteiger charge is 2.46. The normalized spacial score (nSPS) is 16.8. The Balaban J connectivity index is 0.000000191. The van der Waals surface area contributed by atoms with E-state index < -0.39 is 33.4 Å². The molecule has 13 heteroatoms. The molecular formula is C52H63Cl4NO8. The van der Waals surface area contributed by atoms with Gasteiger partial charge in [0.05, 0.1) is 22.7 Å². The van der Waals surface area contributed by atoms with Crippen LogP contribution in [0.2, 0.25) is 20.1 Å². The largest absolute Gasteiger partial charge is 0.481 e. The first kappa shape index (κ1) is 53.5. The van der Waals surface area contributed by atoms with E-state index in [9.17, 15) is 24.3 Å². The monoisotopic (exact) mass is 969 g/mol. The number of hydroxylamine groups is 1. The Bertz CT molecular complexity index is 2160. The highest BCUT2D eigenvalue weighted by atomic mass is 35.5. The van der Waals surface area contributed by atoms with Crippen molar-refractivity contribution in [3.63, 3.8) is 0 Å². The number of carbonyl (C=O) groups is 4. The average Bonchev–Trinajstić information content (AvgIpc) is 4.05. The Morgan fingerprint density at radius 3 is 1.15 bits per heavy atom. The van der Waals surface area contributed by atoms with Crippen LogP contribution < -0.4 is 5.48 Å². The van der Waals surface area contributed by atoms with Crippen LogP contribution in [-0.4, -0.2) is 45.3 Å². The number of rotatable bonds is 8. The zero-order chi connectivity index (χ0) is 48.1. The molecule has 0 bridgehead atoms. The molecule has 1 amide bonds. The van der Waals surface area contributed by atoms with Crippen LogP contribution in [0.25, 0.3) is 0 Å². The minimum Gasteiger partial charge on any atom is -0.481 e. The number of carboxylic acid groups (broad SMARTS) is 1. The first-order valence-corrected chi connectivity index (χ1v) is 23.7. The summed E-state index contributed by atoms with van der Waals surface area (Å²) in [7, 11) is 0. The second-order valence-corrected chi connectivity index (χ2v) is 20.8. The standard InChI is InChI=1S/C16H21ClO2.C12H14ClNO2.C12H13ClO2.C12H15ClO2/c1-15(2,3)19-14(18)16(10-4-5-11-16)12-6-8-13(17)9-7-12;13-10-5-3-9(4-6-10)12(11(15)14-16)7-1-2-8-12;13-10-5-3-9(4-6-10)12(11(14)15)7-1-2-8-12;1-12(2,3)15-11(14)8-9-4-6-10(13)7-5-9/h6-9H,4-5,10-11H2,1-3H3;3-6,16H,1-2,7-8H2,(H,14,15);3-6H,1-2,7-8H2,(H,14,15);4-7H,8H2,1-3H3. The summed E-state index contributed by atoms with van der Waals surface area (Å²) in [6.45, 7) is 11.3. The van der Waals surface area contributed by atoms with Gasteiger partial charge in [-0.15, -0.1) is 0 Å². The molecule has 3 saturated carbocycles. The van der Waals surface area contributed by atoms with Gasteiger partial charge in [-0.05, 0) is 151 Å². The number of hydrogen-bond donors (Lipinski definition) is 3. The summed E-state index contributed by atoms with van der Waals surface area (Å²) in [6.07, 6.45) is 11.2. The molecule has 3 aliphatic carbocycles. The van der Waals surface area contributed by atoms with Gasteiger partial charge in [0.15, 0.2) is 0 Å². The van der Waals surface area contributed by atoms with Gasteiger partial charge in [0.1, 0.15) is 11.2 Å². The number of halogens is 4. The van der Waals surface area contributed by atoms with Crippen LogP contribution in [0, 0.1) is 0 Å². The van der Waals surface area contributed by atoms with Crippen molar-refractivity contribution in [2.75, 3.05) is 0 Å². The second-order valence-electron chi connectivity index (χ2n) is 19.0. The SMILES string of the molecule is CC(C)(C)OC(=O)C1(c2ccc(Cl)cc2)CCCC1.CC(C)(C)OC(=O)Cc1ccc(Cl)cc1.O=C(NO)C1(c2ccc(Cl)cc2)CCCC1.O=C(O)C1(c2ccc(Cl)cc2)CCCC1. The lowest BCUT2D eigenvalue weighted by atomic mass is 9.78. The van der Waals surface area contributed by atoms with Crippen molar-refractivity contribution in [2.24, 2.45) is 0 Å². The highest BCUT2D eigenvalue weighted by Crippen LogP contribution is 2.44. The quantitative estimate of drug-likeness (QED) is 0.0901. The summed E-state index contributed by atoms with van der Waals surface area (Å²) < 4.78 is 10.8. The van der Waals surface area contributed by atoms with E-state index in [0.29, 0.717) is 20.1 Å². The third kappa shape index (κ3) is 15.2. The molecule has 4 aromatic rings. The summed E-state index contributed by atoms with van der Waals surface area (Å²) in [4.78, 5) is 47.3. The van der Waals surface area contributed by atoms with E-state index >= 15 is 0 Å². The van der Waals surface area contributed by atoms with Crippen molar-refractivity contribution in [1.82, 2.24) is 5.48 Å². The summed E-state index contributed by atoms with van der Waals surface area (Å²) in [6, 6.07) is 29.3. The van der Waals surface area contributed by atoms with Gasteiger partial charge >= 0.3 is 17.9 Å². The molecule has 0 aromatic heterocycles. The molecule has 0 aliphatic heterocycles. The lowest BCUT2D eigenvalue weighted by Gasteiger charge is -2.31. The van der Waals surface area contributed by atoms with E-state index in [1.165, 1.54) is 0 Å². The first-order valence-electron chi connectivity index (χ1n) is 22.2. The van der Waals surface area contributed by atoms with Crippen molar-refractivity contribution in [2.45, 2.75) is 152 Å². The Morgan fingerprint density at radius 1 is 0.508 bits per heavy atom. The van der Waals surface area contributed by atoms with E-state index in [4.69, 9.17) is 61.1 Å². The molecule has 0 atom stereocenters. The van der Waals surface area contributed by atoms with Crippen LogP contribution in [0.1, 0.15) is 141 Å². The molecule has 7 rings (SSSR count). The zero-order valence-electron chi connectivity index (χ0n) is 38.3. The first-order chi connectivity index (χ1) is 30.5. The van der Waals surface area contributed by atoms with E-state index in [0.717, 1.165) is 99.3 Å². The van der Waals surface area contributed by atoms with Crippen molar-refractivity contribution >= 4 is 70.2 Å². The van der Waals surface area contributed by atoms with Gasteiger partial charge in [0.25, 0.3) is 5.91 Å². The van der Waals surface area contributed by atoms with Crippen molar-refractivity contribution in [3.8, 4) is 0 Å². The van der Waals surface area contributed by atoms with Gasteiger partial charge in [-0.3, -0.25) is 24.4 Å². The third-order valence-electron chi connectivity index (χ3n) is 12.0. The van der Waals surface area contributed by atoms with Crippen LogP contribution in [-0.2, 0) is 51.3 Å². The van der Waals surface area contributed by atoms with Gasteiger partial charge in [0, 0.05) is 20.1 Å². The van der Waals surface area contributed by atoms with Crippen molar-refractivity contribution in [1.29, 1.82) is 0 Å². The summed E-state index contributed by atoms with van der Waals surface area (Å²) in [5, 5.41) is 20.9. The van der Waals surface area contributed by atoms with Gasteiger partial charge < -0.3 is 14.6 Å². The molecule has 0 spiro atoms. The average molecular weight is 972 g/mol. The van der Waals surface area contributed by atoms with E-state index in [2.05, 4.69) is 0 Å². The minimum atomic E-state index is -0.706. The number of amides is 1. The maximum Gasteiger partial charge on any atom is 0.317 e. The molecule has 3 N–H and O–H groups in total. The van der Waals surface area contributed by atoms with E-state index in [-0.39, 0.29) is 24.3 Å². The maximum atomic E-state index is 12.6. The molecule has 3 fully saturated rings. The number of carbonyl (C=O) groups excluding carboxylic acids is 3. The highest BCUT2D eigenvalue weighted by molar-refractivity contribution is 6.31. The Morgan fingerprint density at radius 2 is 0.815 bits per heavy atom. The number of nitrogens with one attached hydrogen (secondary N) is 1. The zero-order valence-corrected chi connectivity index (χ0v) is 41.3. The van der Waals surface area contributed by atoms with Crippen LogP contribution in [0.4, 0.5) is 0 Å². The smallest absolute Gasteiger partial charge is 0.317 e. The minimum absolute atomic E-state index is 0.0974. The van der Waals surface area contributed by atoms with Crippen LogP contribution >= 0.6 is 46.4 Å². The number of hydrogen-bond acceptors (Lipinski definition) is 7. The topological polar surface area (TPSA) is 139 Å². The molecule has 0 radical (unpaired) electrons. The molecule has 4 aromatic carbocycles. The molecule has 9 nitrogen and oxygen atoms in total. The van der Waals surface area contributed by atoms with Gasteiger partial charge in [-0.25, -0.2) is 5.48 Å². The van der Waals surface area contributed by atoms with Crippen LogP contribution in [0.3, 0.4) is 0 Å². The Hall–Kier alpha value is -4.12. The third-order valence-corrected chi connectivity index (χ3v) is 13.0.